The van der Waals surface area contributed by atoms with Gasteiger partial charge in [0.05, 0.1) is 0 Å². The van der Waals surface area contributed by atoms with E-state index in [0.717, 1.165) is 77.0 Å². The van der Waals surface area contributed by atoms with Crippen LogP contribution >= 0.6 is 0 Å². The Labute approximate surface area is 435 Å². The number of hydrogen-bond donors (Lipinski definition) is 0. The molecule has 0 spiro atoms. The Hall–Kier alpha value is 1.82. The fourth-order valence-corrected chi connectivity index (χ4v) is 9.57. The fourth-order valence-electron chi connectivity index (χ4n) is 9.57. The zero-order valence-electron chi connectivity index (χ0n) is 41.1. The average Bonchev–Trinajstić information content (AvgIpc) is 3.67. The molecule has 6 aliphatic rings. The average molecular weight is 1400 g/mol. The van der Waals surface area contributed by atoms with E-state index >= 15 is 0 Å². The van der Waals surface area contributed by atoms with Crippen molar-refractivity contribution in [3.05, 3.63) is 0 Å². The summed E-state index contributed by atoms with van der Waals surface area (Å²) < 4.78 is 0. The fraction of sp³-hybridized carbons (Fsp3) is 1.00. The molecule has 0 radical (unpaired) electrons. The molecule has 0 heterocycles. The largest absolute Gasteiger partial charge is 2.00 e. The third kappa shape index (κ3) is 53.0. The summed E-state index contributed by atoms with van der Waals surface area (Å²) in [6.45, 7) is 0. The summed E-state index contributed by atoms with van der Waals surface area (Å²) in [5.41, 5.74) is 0. The van der Waals surface area contributed by atoms with Crippen LogP contribution in [0.25, 0.3) is 0 Å². The summed E-state index contributed by atoms with van der Waals surface area (Å²) in [6, 6.07) is 0. The second-order valence-electron chi connectivity index (χ2n) is 19.9. The van der Waals surface area contributed by atoms with Gasteiger partial charge in [-0.25, -0.2) is 0 Å². The summed E-state index contributed by atoms with van der Waals surface area (Å²) >= 11 is 0. The first-order valence-electron chi connectivity index (χ1n) is 27.3. The summed E-state index contributed by atoms with van der Waals surface area (Å²) in [4.78, 5) is 0. The molecule has 372 valence electrons. The maximum absolute atomic E-state index is 11.1. The Morgan fingerprint density at radius 1 is 0.127 bits per heavy atom. The third-order valence-electron chi connectivity index (χ3n) is 13.8. The molecule has 0 bridgehead atoms. The van der Waals surface area contributed by atoms with Gasteiger partial charge in [0.1, 0.15) is 0 Å². The van der Waals surface area contributed by atoms with Gasteiger partial charge in [-0.1, -0.05) is 308 Å². The number of hydrogen-bond acceptors (Lipinski definition) is 6. The maximum Gasteiger partial charge on any atom is 2.00 e. The van der Waals surface area contributed by atoms with Crippen molar-refractivity contribution in [2.24, 2.45) is 0 Å². The minimum Gasteiger partial charge on any atom is -0.852 e. The topological polar surface area (TPSA) is 138 Å². The molecular formula is C54H102O6W3. The summed E-state index contributed by atoms with van der Waals surface area (Å²) in [6.07, 6.45) is 55.6. The van der Waals surface area contributed by atoms with Crippen LogP contribution < -0.4 is 30.6 Å². The molecular weight excluding hydrogens is 1300 g/mol. The van der Waals surface area contributed by atoms with E-state index in [1.165, 1.54) is 231 Å². The Morgan fingerprint density at radius 3 is 0.270 bits per heavy atom. The maximum atomic E-state index is 11.1. The third-order valence-corrected chi connectivity index (χ3v) is 13.8. The molecule has 6 nitrogen and oxygen atoms in total. The van der Waals surface area contributed by atoms with Crippen LogP contribution in [0.4, 0.5) is 0 Å². The monoisotopic (exact) mass is 1400 g/mol. The van der Waals surface area contributed by atoms with E-state index in [-0.39, 0.29) is 99.8 Å². The molecule has 6 saturated carbocycles. The van der Waals surface area contributed by atoms with Crippen LogP contribution in [0, 0.1) is 0 Å². The van der Waals surface area contributed by atoms with Crippen LogP contribution in [-0.2, 0) is 63.2 Å². The molecule has 63 heavy (non-hydrogen) atoms. The molecule has 0 aromatic carbocycles. The molecule has 0 aliphatic heterocycles. The van der Waals surface area contributed by atoms with Gasteiger partial charge in [0.2, 0.25) is 0 Å². The van der Waals surface area contributed by atoms with E-state index in [1.54, 1.807) is 0 Å². The first-order chi connectivity index (χ1) is 29.4. The molecule has 0 amide bonds. The van der Waals surface area contributed by atoms with Crippen LogP contribution in [0.15, 0.2) is 0 Å². The Kier molecular flexibility index (Phi) is 60.1. The standard InChI is InChI=1S/6C9H17O.3W/c6*10-9-7-5-3-1-2-4-6-8-9;;;/h6*9H,1-8H2;;;/q6*-1;3*+2. The van der Waals surface area contributed by atoms with E-state index in [2.05, 4.69) is 0 Å². The van der Waals surface area contributed by atoms with Crippen molar-refractivity contribution < 1.29 is 93.8 Å². The smallest absolute Gasteiger partial charge is 0.852 e. The molecule has 0 aromatic heterocycles. The molecule has 6 fully saturated rings. The van der Waals surface area contributed by atoms with E-state index in [9.17, 15) is 30.6 Å². The van der Waals surface area contributed by atoms with E-state index in [0.29, 0.717) is 0 Å². The molecule has 0 saturated heterocycles. The predicted octanol–water partition coefficient (Wildman–Crippen LogP) is 11.1. The Morgan fingerprint density at radius 2 is 0.190 bits per heavy atom. The number of rotatable bonds is 0. The van der Waals surface area contributed by atoms with Crippen molar-refractivity contribution in [3.8, 4) is 0 Å². The van der Waals surface area contributed by atoms with Gasteiger partial charge in [-0.3, -0.25) is 0 Å². The van der Waals surface area contributed by atoms with Gasteiger partial charge in [-0.15, -0.1) is 36.6 Å². The minimum atomic E-state index is -0.238. The summed E-state index contributed by atoms with van der Waals surface area (Å²) in [7, 11) is 0. The first kappa shape index (κ1) is 69.1. The van der Waals surface area contributed by atoms with Gasteiger partial charge < -0.3 is 30.6 Å². The van der Waals surface area contributed by atoms with Crippen molar-refractivity contribution in [2.75, 3.05) is 0 Å². The molecule has 0 unspecified atom stereocenters. The zero-order valence-corrected chi connectivity index (χ0v) is 49.9. The van der Waals surface area contributed by atoms with Crippen molar-refractivity contribution in [1.29, 1.82) is 0 Å². The molecule has 0 N–H and O–H groups in total. The molecule has 6 aliphatic carbocycles. The van der Waals surface area contributed by atoms with Crippen molar-refractivity contribution >= 4 is 0 Å². The first-order valence-corrected chi connectivity index (χ1v) is 27.3. The zero-order chi connectivity index (χ0) is 43.4. The summed E-state index contributed by atoms with van der Waals surface area (Å²) in [5.74, 6) is 0. The van der Waals surface area contributed by atoms with Crippen LogP contribution in [-0.4, -0.2) is 36.6 Å². The van der Waals surface area contributed by atoms with Gasteiger partial charge in [0.25, 0.3) is 0 Å². The molecule has 0 atom stereocenters. The van der Waals surface area contributed by atoms with Crippen molar-refractivity contribution in [2.45, 2.75) is 345 Å². The predicted molar refractivity (Wildman–Crippen MR) is 244 cm³/mol. The molecule has 0 aromatic rings. The van der Waals surface area contributed by atoms with Gasteiger partial charge in [-0.05, 0) is 0 Å². The quantitative estimate of drug-likeness (QED) is 0.237. The normalized spacial score (nSPS) is 23.7. The van der Waals surface area contributed by atoms with Gasteiger partial charge >= 0.3 is 63.2 Å². The van der Waals surface area contributed by atoms with E-state index in [4.69, 9.17) is 0 Å². The minimum absolute atomic E-state index is 0. The van der Waals surface area contributed by atoms with Crippen molar-refractivity contribution in [3.63, 3.8) is 0 Å². The molecule has 6 rings (SSSR count). The van der Waals surface area contributed by atoms with Gasteiger partial charge in [0.15, 0.2) is 0 Å². The molecule has 9 heteroatoms. The second kappa shape index (κ2) is 54.8. The van der Waals surface area contributed by atoms with Crippen molar-refractivity contribution in [1.82, 2.24) is 0 Å². The SMILES string of the molecule is [O-]C1CCCCCCCC1.[O-]C1CCCCCCCC1.[O-]C1CCCCCCCC1.[O-]C1CCCCCCCC1.[O-]C1CCCCCCCC1.[O-]C1CCCCCCCC1.[W+2].[W+2].[W+2]. The van der Waals surface area contributed by atoms with Crippen LogP contribution in [0.1, 0.15) is 308 Å². The van der Waals surface area contributed by atoms with E-state index < -0.39 is 0 Å². The second-order valence-corrected chi connectivity index (χ2v) is 19.9. The van der Waals surface area contributed by atoms with Crippen LogP contribution in [0.5, 0.6) is 0 Å². The van der Waals surface area contributed by atoms with Gasteiger partial charge in [0, 0.05) is 0 Å². The summed E-state index contributed by atoms with van der Waals surface area (Å²) in [5, 5.41) is 66.4. The van der Waals surface area contributed by atoms with Gasteiger partial charge in [-0.2, -0.15) is 0 Å². The van der Waals surface area contributed by atoms with E-state index in [1.807, 2.05) is 0 Å². The Bertz CT molecular complexity index is 613. The van der Waals surface area contributed by atoms with Crippen LogP contribution in [0.3, 0.4) is 0 Å². The Balaban J connectivity index is -0.000000679. The van der Waals surface area contributed by atoms with Crippen LogP contribution in [0.2, 0.25) is 0 Å².